The number of nitrogens with zero attached hydrogens (tertiary/aromatic N) is 2. The number of para-hydroxylation sites is 1. The molecular formula is C19H20BrF3N2O2. The molecule has 0 atom stereocenters. The molecule has 27 heavy (non-hydrogen) atoms. The summed E-state index contributed by atoms with van der Waals surface area (Å²) < 4.78 is 42.4. The van der Waals surface area contributed by atoms with Crippen molar-refractivity contribution in [3.8, 4) is 5.75 Å². The van der Waals surface area contributed by atoms with Gasteiger partial charge in [0.2, 0.25) is 0 Å². The molecule has 0 N–H and O–H groups in total. The molecule has 0 unspecified atom stereocenters. The minimum absolute atomic E-state index is 0. The number of benzene rings is 2. The van der Waals surface area contributed by atoms with Crippen LogP contribution in [0.25, 0.3) is 0 Å². The van der Waals surface area contributed by atoms with Crippen molar-refractivity contribution < 1.29 is 22.7 Å². The van der Waals surface area contributed by atoms with E-state index < -0.39 is 6.61 Å². The first-order chi connectivity index (χ1) is 12.5. The topological polar surface area (TPSA) is 32.8 Å². The van der Waals surface area contributed by atoms with E-state index in [9.17, 15) is 18.0 Å². The number of halogens is 4. The van der Waals surface area contributed by atoms with Crippen LogP contribution in [-0.4, -0.2) is 50.0 Å². The molecule has 0 bridgehead atoms. The van der Waals surface area contributed by atoms with E-state index in [0.717, 1.165) is 0 Å². The second kappa shape index (κ2) is 9.75. The predicted molar refractivity (Wildman–Crippen MR) is 103 cm³/mol. The van der Waals surface area contributed by atoms with Gasteiger partial charge in [0.25, 0.3) is 0 Å². The van der Waals surface area contributed by atoms with Crippen LogP contribution in [-0.2, 0) is 0 Å². The van der Waals surface area contributed by atoms with E-state index >= 15 is 0 Å². The number of carbonyl (C=O) groups excluding carboxylic acids is 1. The zero-order valence-corrected chi connectivity index (χ0v) is 16.2. The summed E-state index contributed by atoms with van der Waals surface area (Å²) in [6.07, 6.45) is 0. The molecule has 1 aliphatic rings. The summed E-state index contributed by atoms with van der Waals surface area (Å²) in [7, 11) is 0. The molecule has 1 saturated heterocycles. The van der Waals surface area contributed by atoms with Crippen molar-refractivity contribution in [3.05, 3.63) is 59.9 Å². The summed E-state index contributed by atoms with van der Waals surface area (Å²) in [5.74, 6) is -0.314. The molecule has 0 amide bonds. The number of ether oxygens (including phenoxy) is 1. The molecule has 2 aromatic rings. The normalized spacial score (nSPS) is 14.7. The van der Waals surface area contributed by atoms with Gasteiger partial charge < -0.3 is 9.64 Å². The lowest BCUT2D eigenvalue weighted by atomic mass is 10.1. The summed E-state index contributed by atoms with van der Waals surface area (Å²) in [6, 6.07) is 12.3. The first kappa shape index (κ1) is 21.2. The van der Waals surface area contributed by atoms with E-state index in [1.807, 2.05) is 9.80 Å². The largest absolute Gasteiger partial charge is 0.435 e. The van der Waals surface area contributed by atoms with Crippen molar-refractivity contribution in [2.75, 3.05) is 37.6 Å². The molecule has 146 valence electrons. The van der Waals surface area contributed by atoms with Gasteiger partial charge in [-0.15, -0.1) is 17.0 Å². The smallest absolute Gasteiger partial charge is 0.387 e. The first-order valence-corrected chi connectivity index (χ1v) is 8.33. The van der Waals surface area contributed by atoms with Gasteiger partial charge in [0, 0.05) is 31.7 Å². The minimum Gasteiger partial charge on any atom is -0.435 e. The van der Waals surface area contributed by atoms with Crippen molar-refractivity contribution in [1.82, 2.24) is 4.90 Å². The van der Waals surface area contributed by atoms with Gasteiger partial charge in [0.1, 0.15) is 11.6 Å². The van der Waals surface area contributed by atoms with Crippen LogP contribution in [0, 0.1) is 5.82 Å². The lowest BCUT2D eigenvalue weighted by Crippen LogP contribution is -2.48. The fourth-order valence-corrected chi connectivity index (χ4v) is 2.97. The summed E-state index contributed by atoms with van der Waals surface area (Å²) >= 11 is 0. The highest BCUT2D eigenvalue weighted by Gasteiger charge is 2.21. The number of carbonyl (C=O) groups is 1. The van der Waals surface area contributed by atoms with Gasteiger partial charge >= 0.3 is 6.61 Å². The van der Waals surface area contributed by atoms with E-state index in [2.05, 4.69) is 4.74 Å². The number of alkyl halides is 2. The van der Waals surface area contributed by atoms with Gasteiger partial charge in [-0.1, -0.05) is 12.1 Å². The van der Waals surface area contributed by atoms with Gasteiger partial charge in [-0.2, -0.15) is 8.78 Å². The SMILES string of the molecule is Br.O=C(CN1CCN(c2ccccc2F)CC1)c1ccc(OC(F)F)cc1. The maximum atomic E-state index is 13.8. The number of ketones is 1. The standard InChI is InChI=1S/C19H19F3N2O2.BrH/c20-16-3-1-2-4-17(16)24-11-9-23(10-12-24)13-18(25)14-5-7-15(8-6-14)26-19(21)22;/h1-8,19H,9-13H2;1H. The second-order valence-corrected chi connectivity index (χ2v) is 6.04. The quantitative estimate of drug-likeness (QED) is 0.630. The minimum atomic E-state index is -2.89. The Morgan fingerprint density at radius 2 is 1.63 bits per heavy atom. The summed E-state index contributed by atoms with van der Waals surface area (Å²) in [4.78, 5) is 16.3. The highest BCUT2D eigenvalue weighted by Crippen LogP contribution is 2.20. The molecule has 0 aliphatic carbocycles. The lowest BCUT2D eigenvalue weighted by molar-refractivity contribution is -0.0498. The zero-order valence-electron chi connectivity index (χ0n) is 14.5. The molecule has 2 aromatic carbocycles. The fourth-order valence-electron chi connectivity index (χ4n) is 2.97. The average molecular weight is 445 g/mol. The Balaban J connectivity index is 0.00000261. The number of anilines is 1. The number of Topliss-reactive ketones (excluding diaryl/α,β-unsaturated/α-hetero) is 1. The molecule has 8 heteroatoms. The lowest BCUT2D eigenvalue weighted by Gasteiger charge is -2.35. The Bertz CT molecular complexity index is 751. The fraction of sp³-hybridized carbons (Fsp3) is 0.316. The van der Waals surface area contributed by atoms with E-state index in [4.69, 9.17) is 0 Å². The molecule has 1 heterocycles. The third-order valence-electron chi connectivity index (χ3n) is 4.33. The maximum Gasteiger partial charge on any atom is 0.387 e. The van der Waals surface area contributed by atoms with Crippen LogP contribution in [0.5, 0.6) is 5.75 Å². The zero-order chi connectivity index (χ0) is 18.5. The highest BCUT2D eigenvalue weighted by atomic mass is 79.9. The number of hydrogen-bond acceptors (Lipinski definition) is 4. The van der Waals surface area contributed by atoms with Gasteiger partial charge in [-0.25, -0.2) is 4.39 Å². The number of rotatable bonds is 6. The van der Waals surface area contributed by atoms with Crippen molar-refractivity contribution >= 4 is 28.5 Å². The molecule has 3 rings (SSSR count). The molecule has 1 fully saturated rings. The Labute approximate surface area is 166 Å². The Morgan fingerprint density at radius 1 is 1.00 bits per heavy atom. The number of hydrogen-bond donors (Lipinski definition) is 0. The Kier molecular flexibility index (Phi) is 7.67. The van der Waals surface area contributed by atoms with Crippen LogP contribution < -0.4 is 9.64 Å². The monoisotopic (exact) mass is 444 g/mol. The summed E-state index contributed by atoms with van der Waals surface area (Å²) in [5, 5.41) is 0. The van der Waals surface area contributed by atoms with Crippen LogP contribution in [0.1, 0.15) is 10.4 Å². The Morgan fingerprint density at radius 3 is 2.22 bits per heavy atom. The van der Waals surface area contributed by atoms with Crippen molar-refractivity contribution in [1.29, 1.82) is 0 Å². The average Bonchev–Trinajstić information content (AvgIpc) is 2.63. The van der Waals surface area contributed by atoms with Gasteiger partial charge in [-0.3, -0.25) is 9.69 Å². The molecule has 0 saturated carbocycles. The first-order valence-electron chi connectivity index (χ1n) is 8.33. The third-order valence-corrected chi connectivity index (χ3v) is 4.33. The van der Waals surface area contributed by atoms with E-state index in [0.29, 0.717) is 37.4 Å². The molecule has 4 nitrogen and oxygen atoms in total. The van der Waals surface area contributed by atoms with Crippen LogP contribution >= 0.6 is 17.0 Å². The Hall–Kier alpha value is -2.06. The molecular weight excluding hydrogens is 425 g/mol. The van der Waals surface area contributed by atoms with Crippen LogP contribution in [0.15, 0.2) is 48.5 Å². The molecule has 0 radical (unpaired) electrons. The molecule has 0 aromatic heterocycles. The maximum absolute atomic E-state index is 13.8. The van der Waals surface area contributed by atoms with Gasteiger partial charge in [0.05, 0.1) is 12.2 Å². The van der Waals surface area contributed by atoms with Crippen LogP contribution in [0.4, 0.5) is 18.9 Å². The third kappa shape index (κ3) is 5.71. The van der Waals surface area contributed by atoms with Gasteiger partial charge in [0.15, 0.2) is 5.78 Å². The van der Waals surface area contributed by atoms with Crippen LogP contribution in [0.3, 0.4) is 0 Å². The van der Waals surface area contributed by atoms with Gasteiger partial charge in [-0.05, 0) is 36.4 Å². The van der Waals surface area contributed by atoms with Crippen molar-refractivity contribution in [3.63, 3.8) is 0 Å². The van der Waals surface area contributed by atoms with E-state index in [1.54, 1.807) is 18.2 Å². The molecule has 1 aliphatic heterocycles. The summed E-state index contributed by atoms with van der Waals surface area (Å²) in [5.41, 5.74) is 1.02. The van der Waals surface area contributed by atoms with Crippen molar-refractivity contribution in [2.45, 2.75) is 6.61 Å². The predicted octanol–water partition coefficient (Wildman–Crippen LogP) is 4.01. The van der Waals surface area contributed by atoms with Crippen LogP contribution in [0.2, 0.25) is 0 Å². The summed E-state index contributed by atoms with van der Waals surface area (Å²) in [6.45, 7) is -0.0909. The highest BCUT2D eigenvalue weighted by molar-refractivity contribution is 8.93. The van der Waals surface area contributed by atoms with Crippen molar-refractivity contribution in [2.24, 2.45) is 0 Å². The number of piperazine rings is 1. The molecule has 0 spiro atoms. The second-order valence-electron chi connectivity index (χ2n) is 6.04. The van der Waals surface area contributed by atoms with E-state index in [1.165, 1.54) is 30.3 Å². The van der Waals surface area contributed by atoms with E-state index in [-0.39, 0.29) is 40.9 Å².